The number of halogens is 2. The number of benzene rings is 1. The molecule has 0 radical (unpaired) electrons. The average Bonchev–Trinajstić information content (AvgIpc) is 3.31. The molecule has 0 amide bonds. The molecule has 2 aliphatic rings. The molecule has 3 rings (SSSR count). The molecule has 4 atom stereocenters. The third kappa shape index (κ3) is 3.17. The Hall–Kier alpha value is -1.65. The first-order valence-corrected chi connectivity index (χ1v) is 7.61. The summed E-state index contributed by atoms with van der Waals surface area (Å²) in [4.78, 5) is 4.40. The van der Waals surface area contributed by atoms with Gasteiger partial charge in [0.25, 0.3) is 0 Å². The molecule has 2 saturated carbocycles. The summed E-state index contributed by atoms with van der Waals surface area (Å²) >= 11 is 0. The summed E-state index contributed by atoms with van der Waals surface area (Å²) in [6.45, 7) is 4.85. The highest BCUT2D eigenvalue weighted by Gasteiger charge is 2.43. The molecule has 0 heterocycles. The molecule has 0 spiro atoms. The summed E-state index contributed by atoms with van der Waals surface area (Å²) in [5, 5.41) is 6.66. The number of nitrogens with one attached hydrogen (secondary N) is 2. The summed E-state index contributed by atoms with van der Waals surface area (Å²) in [6, 6.07) is 4.57. The van der Waals surface area contributed by atoms with Crippen LogP contribution in [0.3, 0.4) is 0 Å². The quantitative estimate of drug-likeness (QED) is 0.661. The standard InChI is InChI=1S/C16H21F2N3/c1-3-19-16(20-13-7-9(13)2)21-14-8-10(14)15-11(17)5-4-6-12(15)18/h4-6,9-10,13-14H,3,7-8H2,1-2H3,(H2,19,20,21). The van der Waals surface area contributed by atoms with Gasteiger partial charge in [-0.3, -0.25) is 4.99 Å². The number of aliphatic imine (C=N–C) groups is 1. The van der Waals surface area contributed by atoms with Gasteiger partial charge >= 0.3 is 0 Å². The van der Waals surface area contributed by atoms with Crippen molar-refractivity contribution in [2.75, 3.05) is 6.54 Å². The van der Waals surface area contributed by atoms with Gasteiger partial charge in [0.05, 0.1) is 0 Å². The lowest BCUT2D eigenvalue weighted by atomic mass is 10.1. The van der Waals surface area contributed by atoms with Crippen LogP contribution in [0.25, 0.3) is 0 Å². The average molecular weight is 293 g/mol. The Balaban J connectivity index is 1.63. The van der Waals surface area contributed by atoms with Crippen molar-refractivity contribution in [3.8, 4) is 0 Å². The number of rotatable bonds is 4. The normalized spacial score (nSPS) is 31.0. The molecule has 21 heavy (non-hydrogen) atoms. The Bertz CT molecular complexity index is 538. The summed E-state index contributed by atoms with van der Waals surface area (Å²) < 4.78 is 27.5. The fraction of sp³-hybridized carbons (Fsp3) is 0.562. The molecule has 0 saturated heterocycles. The van der Waals surface area contributed by atoms with Gasteiger partial charge in [-0.2, -0.15) is 0 Å². The van der Waals surface area contributed by atoms with E-state index in [0.29, 0.717) is 18.5 Å². The lowest BCUT2D eigenvalue weighted by molar-refractivity contribution is 0.553. The van der Waals surface area contributed by atoms with Crippen LogP contribution in [0.1, 0.15) is 38.2 Å². The number of nitrogens with zero attached hydrogens (tertiary/aromatic N) is 1. The fourth-order valence-corrected chi connectivity index (χ4v) is 2.70. The van der Waals surface area contributed by atoms with Crippen molar-refractivity contribution in [2.24, 2.45) is 10.9 Å². The highest BCUT2D eigenvalue weighted by atomic mass is 19.1. The second-order valence-electron chi connectivity index (χ2n) is 6.02. The van der Waals surface area contributed by atoms with E-state index in [0.717, 1.165) is 18.8 Å². The highest BCUT2D eigenvalue weighted by Crippen LogP contribution is 2.43. The van der Waals surface area contributed by atoms with Crippen LogP contribution < -0.4 is 10.6 Å². The van der Waals surface area contributed by atoms with E-state index in [1.807, 2.05) is 6.92 Å². The largest absolute Gasteiger partial charge is 0.353 e. The molecule has 114 valence electrons. The highest BCUT2D eigenvalue weighted by molar-refractivity contribution is 5.81. The van der Waals surface area contributed by atoms with Gasteiger partial charge in [-0.25, -0.2) is 8.78 Å². The van der Waals surface area contributed by atoms with E-state index in [1.54, 1.807) is 0 Å². The van der Waals surface area contributed by atoms with Gasteiger partial charge in [0, 0.05) is 30.1 Å². The first-order chi connectivity index (χ1) is 10.1. The monoisotopic (exact) mass is 293 g/mol. The minimum absolute atomic E-state index is 0.0586. The molecular formula is C16H21F2N3. The fourth-order valence-electron chi connectivity index (χ4n) is 2.70. The van der Waals surface area contributed by atoms with Crippen molar-refractivity contribution in [1.82, 2.24) is 10.6 Å². The van der Waals surface area contributed by atoms with Gasteiger partial charge in [0.2, 0.25) is 0 Å². The van der Waals surface area contributed by atoms with Gasteiger partial charge in [0.15, 0.2) is 5.96 Å². The Morgan fingerprint density at radius 2 is 1.81 bits per heavy atom. The second-order valence-corrected chi connectivity index (χ2v) is 6.02. The number of hydrogen-bond acceptors (Lipinski definition) is 1. The van der Waals surface area contributed by atoms with Gasteiger partial charge in [-0.15, -0.1) is 0 Å². The predicted molar refractivity (Wildman–Crippen MR) is 79.3 cm³/mol. The van der Waals surface area contributed by atoms with Gasteiger partial charge in [-0.05, 0) is 37.8 Å². The van der Waals surface area contributed by atoms with E-state index in [1.165, 1.54) is 18.2 Å². The summed E-state index contributed by atoms with van der Waals surface area (Å²) in [7, 11) is 0. The van der Waals surface area contributed by atoms with E-state index < -0.39 is 11.6 Å². The molecule has 4 unspecified atom stereocenters. The van der Waals surface area contributed by atoms with Crippen LogP contribution >= 0.6 is 0 Å². The van der Waals surface area contributed by atoms with Crippen LogP contribution in [0, 0.1) is 17.6 Å². The number of hydrogen-bond donors (Lipinski definition) is 2. The van der Waals surface area contributed by atoms with Crippen molar-refractivity contribution in [3.05, 3.63) is 35.4 Å². The molecule has 0 aromatic heterocycles. The predicted octanol–water partition coefficient (Wildman–Crippen LogP) is 2.78. The van der Waals surface area contributed by atoms with E-state index >= 15 is 0 Å². The minimum atomic E-state index is -0.456. The van der Waals surface area contributed by atoms with E-state index in [4.69, 9.17) is 0 Å². The zero-order valence-corrected chi connectivity index (χ0v) is 12.4. The summed E-state index contributed by atoms with van der Waals surface area (Å²) in [5.41, 5.74) is 0.200. The van der Waals surface area contributed by atoms with Gasteiger partial charge in [-0.1, -0.05) is 13.0 Å². The Kier molecular flexibility index (Phi) is 3.83. The van der Waals surface area contributed by atoms with Crippen LogP contribution in [0.2, 0.25) is 0 Å². The van der Waals surface area contributed by atoms with Crippen molar-refractivity contribution in [1.29, 1.82) is 0 Å². The zero-order chi connectivity index (χ0) is 15.0. The van der Waals surface area contributed by atoms with Crippen molar-refractivity contribution in [3.63, 3.8) is 0 Å². The van der Waals surface area contributed by atoms with E-state index in [2.05, 4.69) is 22.5 Å². The molecule has 2 N–H and O–H groups in total. The molecule has 5 heteroatoms. The summed E-state index contributed by atoms with van der Waals surface area (Å²) in [5.74, 6) is 0.416. The molecule has 3 nitrogen and oxygen atoms in total. The zero-order valence-electron chi connectivity index (χ0n) is 12.4. The van der Waals surface area contributed by atoms with Crippen LogP contribution in [-0.2, 0) is 0 Å². The van der Waals surface area contributed by atoms with Crippen LogP contribution in [0.15, 0.2) is 23.2 Å². The molecule has 1 aromatic rings. The Labute approximate surface area is 123 Å². The van der Waals surface area contributed by atoms with Crippen LogP contribution in [0.4, 0.5) is 8.78 Å². The molecular weight excluding hydrogens is 272 g/mol. The van der Waals surface area contributed by atoms with Crippen molar-refractivity contribution in [2.45, 2.75) is 44.7 Å². The molecule has 0 bridgehead atoms. The molecule has 2 aliphatic carbocycles. The Morgan fingerprint density at radius 1 is 1.19 bits per heavy atom. The lowest BCUT2D eigenvalue weighted by Crippen LogP contribution is -2.41. The maximum atomic E-state index is 13.8. The lowest BCUT2D eigenvalue weighted by Gasteiger charge is -2.12. The van der Waals surface area contributed by atoms with Crippen molar-refractivity contribution >= 4 is 5.96 Å². The first kappa shape index (κ1) is 14.3. The summed E-state index contributed by atoms with van der Waals surface area (Å²) in [6.07, 6.45) is 1.89. The van der Waals surface area contributed by atoms with E-state index in [-0.39, 0.29) is 17.5 Å². The molecule has 1 aromatic carbocycles. The van der Waals surface area contributed by atoms with Crippen LogP contribution in [-0.4, -0.2) is 24.6 Å². The topological polar surface area (TPSA) is 36.4 Å². The second kappa shape index (κ2) is 5.62. The van der Waals surface area contributed by atoms with Crippen molar-refractivity contribution < 1.29 is 8.78 Å². The third-order valence-corrected chi connectivity index (χ3v) is 4.23. The maximum absolute atomic E-state index is 13.8. The maximum Gasteiger partial charge on any atom is 0.191 e. The first-order valence-electron chi connectivity index (χ1n) is 7.61. The van der Waals surface area contributed by atoms with Gasteiger partial charge < -0.3 is 10.6 Å². The SMILES string of the molecule is CCN=C(NC1CC1C)NC1CC1c1c(F)cccc1F. The van der Waals surface area contributed by atoms with Gasteiger partial charge in [0.1, 0.15) is 11.6 Å². The van der Waals surface area contributed by atoms with Crippen LogP contribution in [0.5, 0.6) is 0 Å². The third-order valence-electron chi connectivity index (χ3n) is 4.23. The molecule has 0 aliphatic heterocycles. The minimum Gasteiger partial charge on any atom is -0.353 e. The smallest absolute Gasteiger partial charge is 0.191 e. The molecule has 2 fully saturated rings. The van der Waals surface area contributed by atoms with E-state index in [9.17, 15) is 8.78 Å². The Morgan fingerprint density at radius 3 is 2.38 bits per heavy atom. The number of guanidine groups is 1.